The van der Waals surface area contributed by atoms with Gasteiger partial charge in [-0.1, -0.05) is 18.6 Å². The van der Waals surface area contributed by atoms with Gasteiger partial charge in [-0.15, -0.1) is 6.07 Å². The van der Waals surface area contributed by atoms with Crippen LogP contribution in [0.2, 0.25) is 0 Å². The van der Waals surface area contributed by atoms with Gasteiger partial charge in [0.25, 0.3) is 0 Å². The summed E-state index contributed by atoms with van der Waals surface area (Å²) in [7, 11) is 0. The third-order valence-corrected chi connectivity index (χ3v) is 2.16. The molecule has 0 aromatic heterocycles. The van der Waals surface area contributed by atoms with Gasteiger partial charge in [0.05, 0.1) is 6.07 Å². The summed E-state index contributed by atoms with van der Waals surface area (Å²) in [5, 5.41) is 8.52. The largest absolute Gasteiger partial charge is 3.00 e. The maximum atomic E-state index is 8.52. The fourth-order valence-electron chi connectivity index (χ4n) is 1.24. The van der Waals surface area contributed by atoms with Crippen molar-refractivity contribution in [1.82, 2.24) is 0 Å². The summed E-state index contributed by atoms with van der Waals surface area (Å²) in [4.78, 5) is 0. The van der Waals surface area contributed by atoms with E-state index < -0.39 is 0 Å². The van der Waals surface area contributed by atoms with Crippen molar-refractivity contribution in [3.05, 3.63) is 53.6 Å². The number of rotatable bonds is 2. The van der Waals surface area contributed by atoms with E-state index >= 15 is 0 Å². The van der Waals surface area contributed by atoms with Crippen LogP contribution in [-0.2, 0) is 32.7 Å². The van der Waals surface area contributed by atoms with E-state index in [1.165, 1.54) is 6.08 Å². The van der Waals surface area contributed by atoms with Crippen LogP contribution in [0.5, 0.6) is 0 Å². The Hall–Kier alpha value is -0.706. The van der Waals surface area contributed by atoms with Gasteiger partial charge in [-0.2, -0.15) is 35.1 Å². The van der Waals surface area contributed by atoms with Crippen molar-refractivity contribution in [3.63, 3.8) is 0 Å². The van der Waals surface area contributed by atoms with E-state index in [0.29, 0.717) is 0 Å². The Balaban J connectivity index is 0.00000196. The Morgan fingerprint density at radius 2 is 2.20 bits per heavy atom. The van der Waals surface area contributed by atoms with Gasteiger partial charge in [0, 0.05) is 6.08 Å². The van der Waals surface area contributed by atoms with E-state index in [1.54, 1.807) is 0 Å². The van der Waals surface area contributed by atoms with Crippen LogP contribution in [0.3, 0.4) is 0 Å². The molecule has 0 fully saturated rings. The van der Waals surface area contributed by atoms with Crippen molar-refractivity contribution in [3.8, 4) is 6.07 Å². The van der Waals surface area contributed by atoms with Crippen LogP contribution in [0, 0.1) is 24.3 Å². The summed E-state index contributed by atoms with van der Waals surface area (Å²) in [6.45, 7) is 7.56. The molecule has 0 spiro atoms. The van der Waals surface area contributed by atoms with E-state index in [2.05, 4.69) is 12.7 Å². The third-order valence-electron chi connectivity index (χ3n) is 2.16. The number of benzene rings is 1. The number of hydrogen-bond acceptors (Lipinski definition) is 1. The summed E-state index contributed by atoms with van der Waals surface area (Å²) >= 11 is 0. The van der Waals surface area contributed by atoms with Crippen LogP contribution in [0.4, 0.5) is 0 Å². The first kappa shape index (κ1) is 14.3. The Morgan fingerprint density at radius 1 is 1.53 bits per heavy atom. The van der Waals surface area contributed by atoms with Gasteiger partial charge in [0.1, 0.15) is 0 Å². The zero-order valence-electron chi connectivity index (χ0n) is 9.04. The minimum absolute atomic E-state index is 0. The molecule has 0 bridgehead atoms. The maximum Gasteiger partial charge on any atom is 3.00 e. The summed E-state index contributed by atoms with van der Waals surface area (Å²) in [6.07, 6.45) is 4.41. The molecule has 0 aliphatic carbocycles. The molecule has 15 heavy (non-hydrogen) atoms. The first-order chi connectivity index (χ1) is 6.69. The summed E-state index contributed by atoms with van der Waals surface area (Å²) in [5.41, 5.74) is 4.15. The predicted octanol–water partition coefficient (Wildman–Crippen LogP) is 3.26. The second-order valence-corrected chi connectivity index (χ2v) is 3.16. The second kappa shape index (κ2) is 6.72. The molecular formula is C13H12NY+2. The van der Waals surface area contributed by atoms with Gasteiger partial charge in [0.2, 0.25) is 0 Å². The van der Waals surface area contributed by atoms with Crippen molar-refractivity contribution < 1.29 is 32.7 Å². The molecule has 1 rings (SSSR count). The molecule has 1 aromatic rings. The van der Waals surface area contributed by atoms with Crippen molar-refractivity contribution >= 4 is 5.57 Å². The molecule has 1 aromatic carbocycles. The Labute approximate surface area is 116 Å². The quantitative estimate of drug-likeness (QED) is 0.598. The van der Waals surface area contributed by atoms with Crippen LogP contribution in [0.15, 0.2) is 30.9 Å². The van der Waals surface area contributed by atoms with Crippen molar-refractivity contribution in [2.75, 3.05) is 0 Å². The van der Waals surface area contributed by atoms with Crippen molar-refractivity contribution in [2.24, 2.45) is 0 Å². The van der Waals surface area contributed by atoms with Crippen LogP contribution in [0.25, 0.3) is 5.57 Å². The van der Waals surface area contributed by atoms with Crippen LogP contribution in [-0.4, -0.2) is 0 Å². The van der Waals surface area contributed by atoms with Gasteiger partial charge in [-0.05, 0) is 12.5 Å². The Bertz CT molecular complexity index is 425. The molecule has 0 radical (unpaired) electrons. The second-order valence-electron chi connectivity index (χ2n) is 3.16. The topological polar surface area (TPSA) is 23.8 Å². The molecule has 0 amide bonds. The predicted molar refractivity (Wildman–Crippen MR) is 58.4 cm³/mol. The standard InChI is InChI=1S/C13H12N.Y/c1-4-12-9-13(6-5-10(12)2)11(3)7-8-14;/h5-7,9H,1H2,2-3H3;/q-1;+3/b11-7+;. The van der Waals surface area contributed by atoms with Crippen LogP contribution in [0.1, 0.15) is 23.6 Å². The van der Waals surface area contributed by atoms with E-state index in [1.807, 2.05) is 38.1 Å². The number of hydrogen-bond donors (Lipinski definition) is 0. The third kappa shape index (κ3) is 3.74. The van der Waals surface area contributed by atoms with Gasteiger partial charge in [-0.25, -0.2) is 0 Å². The van der Waals surface area contributed by atoms with Gasteiger partial charge in [0.15, 0.2) is 0 Å². The Morgan fingerprint density at radius 3 is 2.73 bits per heavy atom. The molecule has 0 atom stereocenters. The van der Waals surface area contributed by atoms with Crippen LogP contribution < -0.4 is 0 Å². The van der Waals surface area contributed by atoms with Gasteiger partial charge < -0.3 is 0 Å². The molecule has 0 saturated heterocycles. The maximum absolute atomic E-state index is 8.52. The first-order valence-corrected chi connectivity index (χ1v) is 4.39. The molecule has 2 heteroatoms. The molecule has 0 aliphatic rings. The summed E-state index contributed by atoms with van der Waals surface area (Å²) in [6, 6.07) is 8.02. The zero-order valence-corrected chi connectivity index (χ0v) is 11.9. The monoisotopic (exact) mass is 271 g/mol. The number of aryl methyl sites for hydroxylation is 1. The fraction of sp³-hybridized carbons (Fsp3) is 0.154. The Kier molecular flexibility index (Phi) is 6.40. The van der Waals surface area contributed by atoms with Gasteiger partial charge >= 0.3 is 32.7 Å². The molecule has 70 valence electrons. The van der Waals surface area contributed by atoms with E-state index in [0.717, 1.165) is 22.3 Å². The van der Waals surface area contributed by atoms with Crippen molar-refractivity contribution in [1.29, 1.82) is 5.26 Å². The average molecular weight is 271 g/mol. The first-order valence-electron chi connectivity index (χ1n) is 4.39. The number of nitriles is 1. The average Bonchev–Trinajstić information content (AvgIpc) is 2.19. The van der Waals surface area contributed by atoms with Gasteiger partial charge in [-0.3, -0.25) is 0 Å². The van der Waals surface area contributed by atoms with E-state index in [9.17, 15) is 0 Å². The van der Waals surface area contributed by atoms with Crippen molar-refractivity contribution in [2.45, 2.75) is 13.8 Å². The fourth-order valence-corrected chi connectivity index (χ4v) is 1.24. The molecule has 0 heterocycles. The minimum atomic E-state index is 0. The van der Waals surface area contributed by atoms with Crippen LogP contribution >= 0.6 is 0 Å². The van der Waals surface area contributed by atoms with E-state index in [-0.39, 0.29) is 32.7 Å². The van der Waals surface area contributed by atoms with E-state index in [4.69, 9.17) is 5.26 Å². The smallest absolute Gasteiger partial charge is 0.193 e. The normalized spacial score (nSPS) is 10.1. The molecule has 0 N–H and O–H groups in total. The summed E-state index contributed by atoms with van der Waals surface area (Å²) in [5.74, 6) is 0. The minimum Gasteiger partial charge on any atom is -0.193 e. The molecule has 0 unspecified atom stereocenters. The molecular weight excluding hydrogens is 259 g/mol. The zero-order chi connectivity index (χ0) is 10.6. The molecule has 0 saturated carbocycles. The number of allylic oxidation sites excluding steroid dienone is 2. The summed E-state index contributed by atoms with van der Waals surface area (Å²) < 4.78 is 0. The number of nitrogens with zero attached hydrogens (tertiary/aromatic N) is 1. The SMILES string of the molecule is C=[C-]c1cc(/C(C)=C/C#N)ccc1C.[Y+3]. The molecule has 0 aliphatic heterocycles. The molecule has 1 nitrogen and oxygen atoms in total.